The third-order valence-corrected chi connectivity index (χ3v) is 3.27. The van der Waals surface area contributed by atoms with Crippen molar-refractivity contribution in [1.82, 2.24) is 10.2 Å². The predicted octanol–water partition coefficient (Wildman–Crippen LogP) is 1.74. The third-order valence-electron chi connectivity index (χ3n) is 3.27. The maximum atomic E-state index is 5.82. The Kier molecular flexibility index (Phi) is 6.42. The van der Waals surface area contributed by atoms with Gasteiger partial charge >= 0.3 is 0 Å². The van der Waals surface area contributed by atoms with Crippen molar-refractivity contribution < 1.29 is 4.74 Å². The molecule has 19 heavy (non-hydrogen) atoms. The Morgan fingerprint density at radius 3 is 2.84 bits per heavy atom. The molecule has 0 bridgehead atoms. The van der Waals surface area contributed by atoms with Crippen LogP contribution in [0.1, 0.15) is 11.1 Å². The quantitative estimate of drug-likeness (QED) is 0.864. The molecule has 0 aromatic heterocycles. The first-order valence-corrected chi connectivity index (χ1v) is 6.52. The van der Waals surface area contributed by atoms with Gasteiger partial charge in [0, 0.05) is 31.9 Å². The van der Waals surface area contributed by atoms with Crippen molar-refractivity contribution in [1.29, 1.82) is 0 Å². The second kappa shape index (κ2) is 7.58. The first-order valence-electron chi connectivity index (χ1n) is 6.52. The van der Waals surface area contributed by atoms with Crippen LogP contribution >= 0.6 is 12.4 Å². The lowest BCUT2D eigenvalue weighted by molar-refractivity contribution is 0.261. The smallest absolute Gasteiger partial charge is 0.121 e. The van der Waals surface area contributed by atoms with Crippen molar-refractivity contribution in [3.8, 4) is 5.75 Å². The number of hydrogen-bond acceptors (Lipinski definition) is 4. The molecule has 0 saturated heterocycles. The zero-order chi connectivity index (χ0) is 13.0. The lowest BCUT2D eigenvalue weighted by atomic mass is 9.99. The standard InChI is InChI=1S/C14H23N3O.ClH/c1-15-14-9-12(18-7-6-17(2)3)8-11-4-5-16-10-13(11)14;/h8-9,15-16H,4-7,10H2,1-3H3;1H. The highest BCUT2D eigenvalue weighted by atomic mass is 35.5. The van der Waals surface area contributed by atoms with Gasteiger partial charge in [-0.15, -0.1) is 12.4 Å². The number of anilines is 1. The summed E-state index contributed by atoms with van der Waals surface area (Å²) in [6.07, 6.45) is 1.08. The Hall–Kier alpha value is -0.970. The molecule has 0 unspecified atom stereocenters. The van der Waals surface area contributed by atoms with Gasteiger partial charge in [0.1, 0.15) is 12.4 Å². The first-order chi connectivity index (χ1) is 8.70. The van der Waals surface area contributed by atoms with Crippen LogP contribution in [0.5, 0.6) is 5.75 Å². The molecule has 4 nitrogen and oxygen atoms in total. The molecule has 2 N–H and O–H groups in total. The second-order valence-electron chi connectivity index (χ2n) is 4.94. The fraction of sp³-hybridized carbons (Fsp3) is 0.571. The molecule has 0 atom stereocenters. The van der Waals surface area contributed by atoms with E-state index in [1.807, 2.05) is 7.05 Å². The van der Waals surface area contributed by atoms with Crippen LogP contribution in [0.15, 0.2) is 12.1 Å². The molecule has 0 amide bonds. The molecule has 0 spiro atoms. The van der Waals surface area contributed by atoms with Crippen molar-refractivity contribution in [2.75, 3.05) is 46.2 Å². The monoisotopic (exact) mass is 285 g/mol. The number of fused-ring (bicyclic) bond motifs is 1. The number of rotatable bonds is 5. The fourth-order valence-corrected chi connectivity index (χ4v) is 2.22. The summed E-state index contributed by atoms with van der Waals surface area (Å²) in [5.74, 6) is 0.974. The molecule has 0 aliphatic carbocycles. The molecule has 0 fully saturated rings. The van der Waals surface area contributed by atoms with Gasteiger partial charge in [-0.1, -0.05) is 0 Å². The number of nitrogens with one attached hydrogen (secondary N) is 2. The number of nitrogens with zero attached hydrogens (tertiary/aromatic N) is 1. The normalized spacial score (nSPS) is 13.7. The molecule has 1 heterocycles. The van der Waals surface area contributed by atoms with Crippen LogP contribution in [-0.2, 0) is 13.0 Å². The molecule has 1 aromatic carbocycles. The SMILES string of the molecule is CNc1cc(OCCN(C)C)cc2c1CNCC2.Cl. The van der Waals surface area contributed by atoms with Crippen LogP contribution in [0.25, 0.3) is 0 Å². The highest BCUT2D eigenvalue weighted by Gasteiger charge is 2.14. The molecule has 0 saturated carbocycles. The van der Waals surface area contributed by atoms with E-state index in [0.29, 0.717) is 0 Å². The van der Waals surface area contributed by atoms with Gasteiger partial charge in [0.25, 0.3) is 0 Å². The molecule has 5 heteroatoms. The third kappa shape index (κ3) is 4.27. The van der Waals surface area contributed by atoms with Crippen molar-refractivity contribution in [2.45, 2.75) is 13.0 Å². The first kappa shape index (κ1) is 16.1. The van der Waals surface area contributed by atoms with E-state index in [1.165, 1.54) is 16.8 Å². The van der Waals surface area contributed by atoms with Crippen LogP contribution in [-0.4, -0.2) is 45.7 Å². The average molecular weight is 286 g/mol. The van der Waals surface area contributed by atoms with Gasteiger partial charge in [-0.25, -0.2) is 0 Å². The van der Waals surface area contributed by atoms with E-state index in [2.05, 4.69) is 41.8 Å². The zero-order valence-electron chi connectivity index (χ0n) is 12.0. The number of halogens is 1. The molecule has 108 valence electrons. The van der Waals surface area contributed by atoms with Gasteiger partial charge in [0.15, 0.2) is 0 Å². The Balaban J connectivity index is 0.00000180. The van der Waals surface area contributed by atoms with Crippen molar-refractivity contribution in [3.63, 3.8) is 0 Å². The van der Waals surface area contributed by atoms with E-state index in [9.17, 15) is 0 Å². The van der Waals surface area contributed by atoms with E-state index >= 15 is 0 Å². The maximum absolute atomic E-state index is 5.82. The molecular weight excluding hydrogens is 262 g/mol. The molecule has 1 aliphatic heterocycles. The van der Waals surface area contributed by atoms with Gasteiger partial charge < -0.3 is 20.3 Å². The topological polar surface area (TPSA) is 36.5 Å². The summed E-state index contributed by atoms with van der Waals surface area (Å²) in [6, 6.07) is 4.29. The lowest BCUT2D eigenvalue weighted by Crippen LogP contribution is -2.25. The van der Waals surface area contributed by atoms with Crippen molar-refractivity contribution >= 4 is 18.1 Å². The van der Waals surface area contributed by atoms with Crippen LogP contribution in [0.4, 0.5) is 5.69 Å². The van der Waals surface area contributed by atoms with Gasteiger partial charge in [0.2, 0.25) is 0 Å². The summed E-state index contributed by atoms with van der Waals surface area (Å²) < 4.78 is 5.82. The van der Waals surface area contributed by atoms with Crippen molar-refractivity contribution in [2.24, 2.45) is 0 Å². The van der Waals surface area contributed by atoms with Crippen LogP contribution in [0.2, 0.25) is 0 Å². The molecular formula is C14H24ClN3O. The number of ether oxygens (including phenoxy) is 1. The molecule has 0 radical (unpaired) electrons. The Bertz CT molecular complexity index is 393. The zero-order valence-corrected chi connectivity index (χ0v) is 12.8. The Morgan fingerprint density at radius 2 is 2.16 bits per heavy atom. The summed E-state index contributed by atoms with van der Waals surface area (Å²) >= 11 is 0. The summed E-state index contributed by atoms with van der Waals surface area (Å²) in [5, 5.41) is 6.67. The van der Waals surface area contributed by atoms with E-state index in [0.717, 1.165) is 38.4 Å². The Morgan fingerprint density at radius 1 is 1.37 bits per heavy atom. The lowest BCUT2D eigenvalue weighted by Gasteiger charge is -2.22. The minimum atomic E-state index is 0. The van der Waals surface area contributed by atoms with E-state index in [4.69, 9.17) is 4.74 Å². The minimum absolute atomic E-state index is 0. The van der Waals surface area contributed by atoms with Gasteiger partial charge in [-0.05, 0) is 44.3 Å². The minimum Gasteiger partial charge on any atom is -0.492 e. The van der Waals surface area contributed by atoms with Crippen molar-refractivity contribution in [3.05, 3.63) is 23.3 Å². The van der Waals surface area contributed by atoms with E-state index in [-0.39, 0.29) is 12.4 Å². The van der Waals surface area contributed by atoms with Gasteiger partial charge in [-0.3, -0.25) is 0 Å². The number of likely N-dealkylation sites (N-methyl/N-ethyl adjacent to an activating group) is 1. The highest BCUT2D eigenvalue weighted by molar-refractivity contribution is 5.85. The maximum Gasteiger partial charge on any atom is 0.121 e. The molecule has 1 aromatic rings. The van der Waals surface area contributed by atoms with Crippen LogP contribution in [0, 0.1) is 0 Å². The van der Waals surface area contributed by atoms with Crippen LogP contribution < -0.4 is 15.4 Å². The summed E-state index contributed by atoms with van der Waals surface area (Å²) in [7, 11) is 6.08. The van der Waals surface area contributed by atoms with Gasteiger partial charge in [-0.2, -0.15) is 0 Å². The fourth-order valence-electron chi connectivity index (χ4n) is 2.22. The average Bonchev–Trinajstić information content (AvgIpc) is 2.37. The molecule has 2 rings (SSSR count). The van der Waals surface area contributed by atoms with E-state index < -0.39 is 0 Å². The summed E-state index contributed by atoms with van der Waals surface area (Å²) in [5.41, 5.74) is 3.96. The Labute approximate surface area is 121 Å². The predicted molar refractivity (Wildman–Crippen MR) is 82.7 cm³/mol. The summed E-state index contributed by atoms with van der Waals surface area (Å²) in [4.78, 5) is 2.13. The van der Waals surface area contributed by atoms with E-state index in [1.54, 1.807) is 0 Å². The largest absolute Gasteiger partial charge is 0.492 e. The highest BCUT2D eigenvalue weighted by Crippen LogP contribution is 2.28. The number of hydrogen-bond donors (Lipinski definition) is 2. The second-order valence-corrected chi connectivity index (χ2v) is 4.94. The van der Waals surface area contributed by atoms with Gasteiger partial charge in [0.05, 0.1) is 0 Å². The van der Waals surface area contributed by atoms with Crippen LogP contribution in [0.3, 0.4) is 0 Å². The molecule has 1 aliphatic rings. The number of benzene rings is 1. The summed E-state index contributed by atoms with van der Waals surface area (Å²) in [6.45, 7) is 3.67.